The lowest BCUT2D eigenvalue weighted by Gasteiger charge is -2.31. The van der Waals surface area contributed by atoms with Crippen LogP contribution in [0.2, 0.25) is 0 Å². The molecule has 5 nitrogen and oxygen atoms in total. The second-order valence-corrected chi connectivity index (χ2v) is 4.49. The van der Waals surface area contributed by atoms with Gasteiger partial charge < -0.3 is 5.11 Å². The highest BCUT2D eigenvalue weighted by Gasteiger charge is 2.39. The molecule has 0 saturated carbocycles. The molecule has 0 bridgehead atoms. The van der Waals surface area contributed by atoms with Crippen molar-refractivity contribution in [1.29, 1.82) is 5.26 Å². The fraction of sp³-hybridized carbons (Fsp3) is 0.308. The maximum absolute atomic E-state index is 13.9. The van der Waals surface area contributed by atoms with E-state index in [0.717, 1.165) is 18.2 Å². The van der Waals surface area contributed by atoms with E-state index in [0.29, 0.717) is 0 Å². The summed E-state index contributed by atoms with van der Waals surface area (Å²) in [7, 11) is 0. The molecule has 0 unspecified atom stereocenters. The second-order valence-electron chi connectivity index (χ2n) is 4.49. The average Bonchev–Trinajstić information content (AvgIpc) is 2.93. The number of halogens is 2. The van der Waals surface area contributed by atoms with Gasteiger partial charge in [-0.05, 0) is 25.1 Å². The number of nitrogens with zero attached hydrogens (tertiary/aromatic N) is 4. The van der Waals surface area contributed by atoms with Crippen molar-refractivity contribution in [3.8, 4) is 6.07 Å². The van der Waals surface area contributed by atoms with Crippen LogP contribution >= 0.6 is 0 Å². The molecule has 1 heterocycles. The van der Waals surface area contributed by atoms with Crippen molar-refractivity contribution in [1.82, 2.24) is 14.8 Å². The van der Waals surface area contributed by atoms with Crippen LogP contribution in [-0.2, 0) is 12.1 Å². The standard InChI is InChI=1S/C13H12F2N4O/c1-9(5-16)13(20,6-19-8-17-7-18-19)11-4-10(14)2-3-12(11)15/h2-4,7-9,20H,6H2,1H3/t9-,13+/m0/s1. The van der Waals surface area contributed by atoms with Crippen LogP contribution in [0, 0.1) is 28.9 Å². The lowest BCUT2D eigenvalue weighted by atomic mass is 9.82. The minimum atomic E-state index is -1.91. The number of nitriles is 1. The summed E-state index contributed by atoms with van der Waals surface area (Å²) in [6.45, 7) is 1.23. The zero-order valence-corrected chi connectivity index (χ0v) is 10.7. The van der Waals surface area contributed by atoms with Gasteiger partial charge in [0.2, 0.25) is 0 Å². The molecule has 0 aliphatic heterocycles. The summed E-state index contributed by atoms with van der Waals surface area (Å²) in [5.41, 5.74) is -2.18. The topological polar surface area (TPSA) is 74.7 Å². The maximum Gasteiger partial charge on any atom is 0.137 e. The Labute approximate surface area is 114 Å². The van der Waals surface area contributed by atoms with Crippen LogP contribution in [0.4, 0.5) is 8.78 Å². The lowest BCUT2D eigenvalue weighted by molar-refractivity contribution is -0.0199. The van der Waals surface area contributed by atoms with Gasteiger partial charge in [0.05, 0.1) is 18.5 Å². The number of rotatable bonds is 4. The summed E-state index contributed by atoms with van der Waals surface area (Å²) >= 11 is 0. The monoisotopic (exact) mass is 278 g/mol. The SMILES string of the molecule is C[C@@H](C#N)[C@](O)(Cn1cncn1)c1cc(F)ccc1F. The molecule has 0 amide bonds. The molecule has 104 valence electrons. The molecule has 0 aliphatic rings. The van der Waals surface area contributed by atoms with Gasteiger partial charge in [0, 0.05) is 5.56 Å². The molecule has 2 rings (SSSR count). The zero-order chi connectivity index (χ0) is 14.8. The molecular formula is C13H12F2N4O. The molecule has 20 heavy (non-hydrogen) atoms. The highest BCUT2D eigenvalue weighted by atomic mass is 19.1. The van der Waals surface area contributed by atoms with Gasteiger partial charge in [-0.3, -0.25) is 0 Å². The fourth-order valence-corrected chi connectivity index (χ4v) is 1.95. The molecule has 0 spiro atoms. The quantitative estimate of drug-likeness (QED) is 0.921. The Morgan fingerprint density at radius 3 is 2.85 bits per heavy atom. The van der Waals surface area contributed by atoms with E-state index < -0.39 is 23.2 Å². The predicted octanol–water partition coefficient (Wildman–Crippen LogP) is 1.60. The highest BCUT2D eigenvalue weighted by molar-refractivity contribution is 5.27. The largest absolute Gasteiger partial charge is 0.382 e. The van der Waals surface area contributed by atoms with E-state index in [2.05, 4.69) is 10.1 Å². The first-order valence-corrected chi connectivity index (χ1v) is 5.87. The van der Waals surface area contributed by atoms with Crippen LogP contribution in [0.3, 0.4) is 0 Å². The number of hydrogen-bond donors (Lipinski definition) is 1. The second kappa shape index (κ2) is 5.35. The van der Waals surface area contributed by atoms with Gasteiger partial charge in [0.25, 0.3) is 0 Å². The van der Waals surface area contributed by atoms with E-state index in [4.69, 9.17) is 5.26 Å². The first kappa shape index (κ1) is 14.1. The molecule has 7 heteroatoms. The third kappa shape index (κ3) is 2.51. The van der Waals surface area contributed by atoms with E-state index >= 15 is 0 Å². The van der Waals surface area contributed by atoms with Crippen molar-refractivity contribution < 1.29 is 13.9 Å². The summed E-state index contributed by atoms with van der Waals surface area (Å²) in [5, 5.41) is 23.6. The van der Waals surface area contributed by atoms with E-state index in [1.165, 1.54) is 24.3 Å². The molecule has 0 fully saturated rings. The molecular weight excluding hydrogens is 266 g/mol. The lowest BCUT2D eigenvalue weighted by Crippen LogP contribution is -2.38. The molecule has 2 aromatic rings. The summed E-state index contributed by atoms with van der Waals surface area (Å²) in [6, 6.07) is 4.62. The number of aliphatic hydroxyl groups is 1. The van der Waals surface area contributed by atoms with Crippen LogP contribution in [0.1, 0.15) is 12.5 Å². The Bertz CT molecular complexity index is 638. The van der Waals surface area contributed by atoms with Crippen LogP contribution in [-0.4, -0.2) is 19.9 Å². The fourth-order valence-electron chi connectivity index (χ4n) is 1.95. The first-order valence-electron chi connectivity index (χ1n) is 5.87. The van der Waals surface area contributed by atoms with Crippen molar-refractivity contribution in [3.05, 3.63) is 48.1 Å². The van der Waals surface area contributed by atoms with Gasteiger partial charge in [-0.15, -0.1) is 0 Å². The number of hydrogen-bond acceptors (Lipinski definition) is 4. The van der Waals surface area contributed by atoms with Gasteiger partial charge in [0.1, 0.15) is 29.9 Å². The van der Waals surface area contributed by atoms with Gasteiger partial charge >= 0.3 is 0 Å². The Kier molecular flexibility index (Phi) is 3.77. The number of aromatic nitrogens is 3. The van der Waals surface area contributed by atoms with Crippen LogP contribution < -0.4 is 0 Å². The summed E-state index contributed by atoms with van der Waals surface area (Å²) in [5.74, 6) is -2.44. The third-order valence-corrected chi connectivity index (χ3v) is 3.17. The van der Waals surface area contributed by atoms with Crippen LogP contribution in [0.5, 0.6) is 0 Å². The molecule has 0 aliphatic carbocycles. The third-order valence-electron chi connectivity index (χ3n) is 3.17. The van der Waals surface area contributed by atoms with Gasteiger partial charge in [-0.2, -0.15) is 10.4 Å². The first-order chi connectivity index (χ1) is 9.47. The van der Waals surface area contributed by atoms with Gasteiger partial charge in [-0.25, -0.2) is 18.4 Å². The molecule has 2 atom stereocenters. The van der Waals surface area contributed by atoms with Crippen molar-refractivity contribution >= 4 is 0 Å². The van der Waals surface area contributed by atoms with Gasteiger partial charge in [-0.1, -0.05) is 0 Å². The van der Waals surface area contributed by atoms with Crippen LogP contribution in [0.15, 0.2) is 30.9 Å². The Morgan fingerprint density at radius 1 is 1.50 bits per heavy atom. The van der Waals surface area contributed by atoms with Gasteiger partial charge in [0.15, 0.2) is 0 Å². The zero-order valence-electron chi connectivity index (χ0n) is 10.7. The number of benzene rings is 1. The molecule has 1 aromatic carbocycles. The predicted molar refractivity (Wildman–Crippen MR) is 65.1 cm³/mol. The highest BCUT2D eigenvalue weighted by Crippen LogP contribution is 2.33. The van der Waals surface area contributed by atoms with E-state index in [1.54, 1.807) is 0 Å². The van der Waals surface area contributed by atoms with E-state index in [9.17, 15) is 13.9 Å². The van der Waals surface area contributed by atoms with E-state index in [-0.39, 0.29) is 12.1 Å². The Hall–Kier alpha value is -2.33. The van der Waals surface area contributed by atoms with Crippen molar-refractivity contribution in [3.63, 3.8) is 0 Å². The minimum Gasteiger partial charge on any atom is -0.382 e. The molecule has 1 N–H and O–H groups in total. The van der Waals surface area contributed by atoms with Crippen molar-refractivity contribution in [2.45, 2.75) is 19.1 Å². The summed E-state index contributed by atoms with van der Waals surface area (Å²) in [6.07, 6.45) is 2.58. The van der Waals surface area contributed by atoms with Crippen molar-refractivity contribution in [2.24, 2.45) is 5.92 Å². The summed E-state index contributed by atoms with van der Waals surface area (Å²) < 4.78 is 28.5. The molecule has 0 radical (unpaired) electrons. The minimum absolute atomic E-state index is 0.206. The average molecular weight is 278 g/mol. The smallest absolute Gasteiger partial charge is 0.137 e. The summed E-state index contributed by atoms with van der Waals surface area (Å²) in [4.78, 5) is 3.72. The van der Waals surface area contributed by atoms with Crippen molar-refractivity contribution in [2.75, 3.05) is 0 Å². The van der Waals surface area contributed by atoms with E-state index in [1.807, 2.05) is 6.07 Å². The normalized spacial score (nSPS) is 15.3. The Morgan fingerprint density at radius 2 is 2.25 bits per heavy atom. The molecule has 0 saturated heterocycles. The molecule has 1 aromatic heterocycles. The van der Waals surface area contributed by atoms with Crippen LogP contribution in [0.25, 0.3) is 0 Å². The Balaban J connectivity index is 2.52. The maximum atomic E-state index is 13.9.